The van der Waals surface area contributed by atoms with Gasteiger partial charge in [0.25, 0.3) is 5.91 Å². The first-order valence-corrected chi connectivity index (χ1v) is 10.3. The van der Waals surface area contributed by atoms with Gasteiger partial charge in [-0.1, -0.05) is 23.7 Å². The number of rotatable bonds is 5. The summed E-state index contributed by atoms with van der Waals surface area (Å²) >= 11 is 5.85. The van der Waals surface area contributed by atoms with Crippen LogP contribution in [0.5, 0.6) is 0 Å². The Morgan fingerprint density at radius 3 is 2.42 bits per heavy atom. The molecule has 1 aromatic heterocycles. The van der Waals surface area contributed by atoms with Crippen LogP contribution in [0.4, 0.5) is 0 Å². The van der Waals surface area contributed by atoms with E-state index in [4.69, 9.17) is 11.6 Å². The Morgan fingerprint density at radius 2 is 1.81 bits per heavy atom. The topological polar surface area (TPSA) is 82.3 Å². The Balaban J connectivity index is 1.80. The molecule has 0 saturated carbocycles. The van der Waals surface area contributed by atoms with E-state index >= 15 is 0 Å². The molecule has 0 unspecified atom stereocenters. The van der Waals surface area contributed by atoms with Crippen LogP contribution in [0.3, 0.4) is 0 Å². The minimum Gasteiger partial charge on any atom is -0.353 e. The second-order valence-electron chi connectivity index (χ2n) is 6.50. The van der Waals surface area contributed by atoms with Crippen molar-refractivity contribution in [2.75, 3.05) is 13.1 Å². The van der Waals surface area contributed by atoms with Crippen LogP contribution in [0.1, 0.15) is 40.2 Å². The van der Waals surface area contributed by atoms with Gasteiger partial charge in [0.05, 0.1) is 0 Å². The molecule has 1 aliphatic rings. The molecule has 6 nitrogen and oxygen atoms in total. The molecule has 0 aliphatic carbocycles. The normalized spacial score (nSPS) is 15.3. The van der Waals surface area contributed by atoms with Crippen molar-refractivity contribution >= 4 is 27.5 Å². The summed E-state index contributed by atoms with van der Waals surface area (Å²) in [6.07, 6.45) is 1.74. The number of aromatic nitrogens is 1. The number of carbonyl (C=O) groups excluding carboxylic acids is 1. The predicted molar refractivity (Wildman–Crippen MR) is 101 cm³/mol. The molecule has 0 bridgehead atoms. The zero-order chi connectivity index (χ0) is 18.9. The van der Waals surface area contributed by atoms with E-state index in [1.54, 1.807) is 26.0 Å². The lowest BCUT2D eigenvalue weighted by Gasteiger charge is -2.16. The summed E-state index contributed by atoms with van der Waals surface area (Å²) in [7, 11) is -3.58. The number of amides is 1. The molecule has 1 aliphatic heterocycles. The maximum Gasteiger partial charge on any atom is 0.268 e. The number of halogens is 1. The maximum atomic E-state index is 12.9. The van der Waals surface area contributed by atoms with Crippen molar-refractivity contribution in [2.45, 2.75) is 38.1 Å². The average molecular weight is 396 g/mol. The van der Waals surface area contributed by atoms with Gasteiger partial charge in [-0.15, -0.1) is 0 Å². The summed E-state index contributed by atoms with van der Waals surface area (Å²) in [5.74, 6) is -0.330. The van der Waals surface area contributed by atoms with Crippen LogP contribution in [0, 0.1) is 13.8 Å². The summed E-state index contributed by atoms with van der Waals surface area (Å²) in [5.41, 5.74) is 2.15. The van der Waals surface area contributed by atoms with Crippen molar-refractivity contribution in [3.05, 3.63) is 51.8 Å². The van der Waals surface area contributed by atoms with Gasteiger partial charge in [0, 0.05) is 30.4 Å². The average Bonchev–Trinajstić information content (AvgIpc) is 3.23. The minimum absolute atomic E-state index is 0.219. The molecule has 2 N–H and O–H groups in total. The van der Waals surface area contributed by atoms with Gasteiger partial charge in [-0.2, -0.15) is 4.31 Å². The lowest BCUT2D eigenvalue weighted by molar-refractivity contribution is 0.0945. The van der Waals surface area contributed by atoms with E-state index in [2.05, 4.69) is 10.3 Å². The first-order chi connectivity index (χ1) is 12.3. The monoisotopic (exact) mass is 395 g/mol. The van der Waals surface area contributed by atoms with Crippen LogP contribution in [0.25, 0.3) is 0 Å². The van der Waals surface area contributed by atoms with Gasteiger partial charge >= 0.3 is 0 Å². The van der Waals surface area contributed by atoms with Gasteiger partial charge in [0.15, 0.2) is 0 Å². The van der Waals surface area contributed by atoms with Crippen molar-refractivity contribution < 1.29 is 13.2 Å². The van der Waals surface area contributed by atoms with Crippen molar-refractivity contribution in [1.82, 2.24) is 14.6 Å². The number of hydrogen-bond donors (Lipinski definition) is 2. The molecular weight excluding hydrogens is 374 g/mol. The molecule has 2 heterocycles. The molecule has 0 radical (unpaired) electrons. The molecule has 0 spiro atoms. The van der Waals surface area contributed by atoms with E-state index in [1.165, 1.54) is 4.31 Å². The third kappa shape index (κ3) is 3.65. The van der Waals surface area contributed by atoms with Gasteiger partial charge in [-0.3, -0.25) is 4.79 Å². The van der Waals surface area contributed by atoms with E-state index in [0.717, 1.165) is 18.4 Å². The molecule has 1 fully saturated rings. The van der Waals surface area contributed by atoms with Crippen LogP contribution < -0.4 is 5.32 Å². The third-order valence-electron chi connectivity index (χ3n) is 4.62. The maximum absolute atomic E-state index is 12.9. The van der Waals surface area contributed by atoms with Gasteiger partial charge in [-0.25, -0.2) is 8.42 Å². The van der Waals surface area contributed by atoms with Crippen molar-refractivity contribution in [3.8, 4) is 0 Å². The number of nitrogens with one attached hydrogen (secondary N) is 2. The number of aryl methyl sites for hydroxylation is 1. The molecular formula is C18H22ClN3O3S. The van der Waals surface area contributed by atoms with Gasteiger partial charge in [-0.05, 0) is 49.9 Å². The summed E-state index contributed by atoms with van der Waals surface area (Å²) in [5, 5.41) is 3.45. The zero-order valence-electron chi connectivity index (χ0n) is 14.8. The van der Waals surface area contributed by atoms with Gasteiger partial charge in [0.1, 0.15) is 10.6 Å². The van der Waals surface area contributed by atoms with Crippen LogP contribution in [-0.2, 0) is 16.6 Å². The van der Waals surface area contributed by atoms with Crippen molar-refractivity contribution in [2.24, 2.45) is 0 Å². The van der Waals surface area contributed by atoms with Crippen LogP contribution in [-0.4, -0.2) is 36.7 Å². The number of benzene rings is 1. The number of carbonyl (C=O) groups is 1. The molecule has 26 heavy (non-hydrogen) atoms. The van der Waals surface area contributed by atoms with Crippen LogP contribution in [0.2, 0.25) is 5.02 Å². The van der Waals surface area contributed by atoms with Crippen LogP contribution in [0.15, 0.2) is 29.2 Å². The highest BCUT2D eigenvalue weighted by Gasteiger charge is 2.33. The number of aromatic amines is 1. The standard InChI is InChI=1S/C18H22ClN3O3S/c1-12-16(18(23)20-11-14-5-7-15(19)8-6-14)21-13(2)17(12)26(24,25)22-9-3-4-10-22/h5-8,21H,3-4,9-11H2,1-2H3,(H,20,23). The summed E-state index contributed by atoms with van der Waals surface area (Å²) in [6.45, 7) is 4.76. The van der Waals surface area contributed by atoms with Gasteiger partial charge < -0.3 is 10.3 Å². The molecule has 1 saturated heterocycles. The Bertz CT molecular complexity index is 914. The first-order valence-electron chi connectivity index (χ1n) is 8.52. The third-order valence-corrected chi connectivity index (χ3v) is 7.05. The van der Waals surface area contributed by atoms with E-state index in [9.17, 15) is 13.2 Å². The highest BCUT2D eigenvalue weighted by Crippen LogP contribution is 2.28. The summed E-state index contributed by atoms with van der Waals surface area (Å²) < 4.78 is 27.3. The molecule has 0 atom stereocenters. The van der Waals surface area contributed by atoms with Gasteiger partial charge in [0.2, 0.25) is 10.0 Å². The van der Waals surface area contributed by atoms with E-state index in [-0.39, 0.29) is 16.5 Å². The van der Waals surface area contributed by atoms with Crippen molar-refractivity contribution in [1.29, 1.82) is 0 Å². The molecule has 1 amide bonds. The predicted octanol–water partition coefficient (Wildman–Crippen LogP) is 3.00. The second-order valence-corrected chi connectivity index (χ2v) is 8.81. The van der Waals surface area contributed by atoms with Crippen LogP contribution >= 0.6 is 11.6 Å². The lowest BCUT2D eigenvalue weighted by Crippen LogP contribution is -2.29. The minimum atomic E-state index is -3.58. The molecule has 3 rings (SSSR count). The Kier molecular flexibility index (Phi) is 5.41. The molecule has 140 valence electrons. The highest BCUT2D eigenvalue weighted by molar-refractivity contribution is 7.89. The fourth-order valence-electron chi connectivity index (χ4n) is 3.28. The number of nitrogens with zero attached hydrogens (tertiary/aromatic N) is 1. The highest BCUT2D eigenvalue weighted by atomic mass is 35.5. The fourth-order valence-corrected chi connectivity index (χ4v) is 5.33. The van der Waals surface area contributed by atoms with Crippen molar-refractivity contribution in [3.63, 3.8) is 0 Å². The van der Waals surface area contributed by atoms with E-state index in [0.29, 0.717) is 35.9 Å². The smallest absolute Gasteiger partial charge is 0.268 e. The molecule has 1 aromatic carbocycles. The fraction of sp³-hybridized carbons (Fsp3) is 0.389. The Labute approximate surface area is 158 Å². The largest absolute Gasteiger partial charge is 0.353 e. The molecule has 2 aromatic rings. The van der Waals surface area contributed by atoms with E-state index < -0.39 is 10.0 Å². The lowest BCUT2D eigenvalue weighted by atomic mass is 10.2. The SMILES string of the molecule is Cc1[nH]c(C(=O)NCc2ccc(Cl)cc2)c(C)c1S(=O)(=O)N1CCCC1. The number of sulfonamides is 1. The number of hydrogen-bond acceptors (Lipinski definition) is 3. The summed E-state index contributed by atoms with van der Waals surface area (Å²) in [4.78, 5) is 15.7. The Hall–Kier alpha value is -1.83. The molecule has 8 heteroatoms. The first kappa shape index (κ1) is 18.9. The Morgan fingerprint density at radius 1 is 1.19 bits per heavy atom. The second kappa shape index (κ2) is 7.42. The zero-order valence-corrected chi connectivity index (χ0v) is 16.4. The number of H-pyrrole nitrogens is 1. The summed E-state index contributed by atoms with van der Waals surface area (Å²) in [6, 6.07) is 7.18. The van der Waals surface area contributed by atoms with E-state index in [1.807, 2.05) is 12.1 Å². The quantitative estimate of drug-likeness (QED) is 0.816.